The van der Waals surface area contributed by atoms with Crippen LogP contribution >= 0.6 is 0 Å². The van der Waals surface area contributed by atoms with Gasteiger partial charge in [-0.05, 0) is 31.6 Å². The van der Waals surface area contributed by atoms with Gasteiger partial charge in [0.15, 0.2) is 5.82 Å². The van der Waals surface area contributed by atoms with E-state index in [9.17, 15) is 29.8 Å². The van der Waals surface area contributed by atoms with Gasteiger partial charge in [-0.15, -0.1) is 0 Å². The van der Waals surface area contributed by atoms with Crippen LogP contribution in [0.5, 0.6) is 5.75 Å². The maximum Gasteiger partial charge on any atom is 0.314 e. The molecule has 0 aromatic heterocycles. The van der Waals surface area contributed by atoms with Gasteiger partial charge in [0.25, 0.3) is 0 Å². The highest BCUT2D eigenvalue weighted by Crippen LogP contribution is 2.33. The number of halogens is 1. The molecule has 1 rings (SSSR count). The number of hydrogen-bond acceptors (Lipinski definition) is 6. The molecule has 0 saturated carbocycles. The first-order chi connectivity index (χ1) is 8.88. The second-order valence-corrected chi connectivity index (χ2v) is 4.03. The van der Waals surface area contributed by atoms with Crippen LogP contribution in [0.2, 0.25) is 0 Å². The lowest BCUT2D eigenvalue weighted by molar-refractivity contribution is -0.386. The Kier molecular flexibility index (Phi) is 5.16. The number of phenols is 1. The highest BCUT2D eigenvalue weighted by molar-refractivity contribution is 5.49. The van der Waals surface area contributed by atoms with Gasteiger partial charge in [-0.3, -0.25) is 10.1 Å². The number of nitrogens with zero attached hydrogens (tertiary/aromatic N) is 1. The van der Waals surface area contributed by atoms with E-state index in [4.69, 9.17) is 0 Å². The summed E-state index contributed by atoms with van der Waals surface area (Å²) in [5, 5.41) is 42.0. The third-order valence-electron chi connectivity index (χ3n) is 2.66. The largest absolute Gasteiger partial charge is 0.500 e. The van der Waals surface area contributed by atoms with Crippen LogP contribution in [0.1, 0.15) is 18.1 Å². The third-order valence-corrected chi connectivity index (χ3v) is 2.66. The van der Waals surface area contributed by atoms with Gasteiger partial charge in [0.2, 0.25) is 5.75 Å². The van der Waals surface area contributed by atoms with Crippen LogP contribution in [-0.2, 0) is 0 Å². The van der Waals surface area contributed by atoms with E-state index in [0.717, 1.165) is 12.1 Å². The van der Waals surface area contributed by atoms with Gasteiger partial charge in [-0.25, -0.2) is 4.39 Å². The Balaban J connectivity index is 3.03. The van der Waals surface area contributed by atoms with Gasteiger partial charge >= 0.3 is 5.69 Å². The minimum Gasteiger partial charge on any atom is -0.500 e. The molecule has 8 heteroatoms. The summed E-state index contributed by atoms with van der Waals surface area (Å²) in [5.41, 5.74) is -1.01. The Labute approximate surface area is 108 Å². The molecular formula is C11H15FN2O5. The van der Waals surface area contributed by atoms with Crippen molar-refractivity contribution in [2.75, 3.05) is 13.6 Å². The maximum atomic E-state index is 13.3. The lowest BCUT2D eigenvalue weighted by Crippen LogP contribution is -2.23. The number of nitro groups is 1. The molecule has 0 bridgehead atoms. The predicted molar refractivity (Wildman–Crippen MR) is 64.2 cm³/mol. The van der Waals surface area contributed by atoms with Crippen molar-refractivity contribution >= 4 is 5.69 Å². The molecule has 7 nitrogen and oxygen atoms in total. The summed E-state index contributed by atoms with van der Waals surface area (Å²) in [4.78, 5) is 9.65. The first-order valence-electron chi connectivity index (χ1n) is 5.56. The average molecular weight is 274 g/mol. The molecule has 0 saturated heterocycles. The zero-order chi connectivity index (χ0) is 14.6. The van der Waals surface area contributed by atoms with Crippen LogP contribution in [0, 0.1) is 15.9 Å². The van der Waals surface area contributed by atoms with Crippen LogP contribution in [0.3, 0.4) is 0 Å². The SMILES string of the molecule is CNCCC(O)C(O)c1cc(F)c(O)c([N+](=O)[O-])c1. The standard InChI is InChI=1S/C11H15FN2O5/c1-13-3-2-9(15)10(16)6-4-7(12)11(17)8(5-6)14(18)19/h4-5,9-10,13,15-17H,2-3H2,1H3. The van der Waals surface area contributed by atoms with Gasteiger partial charge in [-0.2, -0.15) is 0 Å². The minimum absolute atomic E-state index is 0.161. The summed E-state index contributed by atoms with van der Waals surface area (Å²) in [7, 11) is 1.66. The fraction of sp³-hybridized carbons (Fsp3) is 0.455. The van der Waals surface area contributed by atoms with Gasteiger partial charge in [-0.1, -0.05) is 0 Å². The van der Waals surface area contributed by atoms with E-state index in [1.165, 1.54) is 0 Å². The van der Waals surface area contributed by atoms with E-state index in [2.05, 4.69) is 5.32 Å². The molecule has 2 atom stereocenters. The molecule has 106 valence electrons. The monoisotopic (exact) mass is 274 g/mol. The molecular weight excluding hydrogens is 259 g/mol. The molecule has 19 heavy (non-hydrogen) atoms. The molecule has 0 amide bonds. The van der Waals surface area contributed by atoms with Crippen LogP contribution in [0.25, 0.3) is 0 Å². The first kappa shape index (κ1) is 15.3. The zero-order valence-corrected chi connectivity index (χ0v) is 10.2. The minimum atomic E-state index is -1.47. The number of rotatable bonds is 6. The molecule has 0 radical (unpaired) electrons. The Hall–Kier alpha value is -1.77. The molecule has 0 aliphatic carbocycles. The van der Waals surface area contributed by atoms with Crippen molar-refractivity contribution in [3.8, 4) is 5.75 Å². The number of nitro benzene ring substituents is 1. The smallest absolute Gasteiger partial charge is 0.314 e. The summed E-state index contributed by atoms with van der Waals surface area (Å²) in [6.07, 6.45) is -2.48. The summed E-state index contributed by atoms with van der Waals surface area (Å²) in [6, 6.07) is 1.60. The Morgan fingerprint density at radius 1 is 1.47 bits per heavy atom. The number of benzene rings is 1. The molecule has 1 aromatic rings. The van der Waals surface area contributed by atoms with Crippen LogP contribution in [0.15, 0.2) is 12.1 Å². The Bertz CT molecular complexity index is 469. The van der Waals surface area contributed by atoms with Crippen LogP contribution in [0.4, 0.5) is 10.1 Å². The average Bonchev–Trinajstić information content (AvgIpc) is 2.37. The second kappa shape index (κ2) is 6.41. The number of nitrogens with one attached hydrogen (secondary N) is 1. The van der Waals surface area contributed by atoms with Gasteiger partial charge in [0.05, 0.1) is 11.0 Å². The van der Waals surface area contributed by atoms with Crippen LogP contribution < -0.4 is 5.32 Å². The van der Waals surface area contributed by atoms with Crippen molar-refractivity contribution in [3.05, 3.63) is 33.6 Å². The van der Waals surface area contributed by atoms with E-state index in [1.807, 2.05) is 0 Å². The first-order valence-corrected chi connectivity index (χ1v) is 5.56. The Morgan fingerprint density at radius 3 is 2.63 bits per heavy atom. The van der Waals surface area contributed by atoms with Gasteiger partial charge < -0.3 is 20.6 Å². The molecule has 1 aromatic carbocycles. The van der Waals surface area contributed by atoms with Crippen molar-refractivity contribution in [2.45, 2.75) is 18.6 Å². The van der Waals surface area contributed by atoms with E-state index in [-0.39, 0.29) is 12.0 Å². The Morgan fingerprint density at radius 2 is 2.11 bits per heavy atom. The van der Waals surface area contributed by atoms with Crippen molar-refractivity contribution < 1.29 is 24.6 Å². The fourth-order valence-electron chi connectivity index (χ4n) is 1.59. The van der Waals surface area contributed by atoms with E-state index in [0.29, 0.717) is 6.54 Å². The lowest BCUT2D eigenvalue weighted by atomic mass is 10.0. The van der Waals surface area contributed by atoms with Crippen molar-refractivity contribution in [1.29, 1.82) is 0 Å². The molecule has 0 heterocycles. The van der Waals surface area contributed by atoms with Crippen molar-refractivity contribution in [2.24, 2.45) is 0 Å². The third kappa shape index (κ3) is 3.60. The predicted octanol–water partition coefficient (Wildman–Crippen LogP) is 0.443. The number of phenolic OH excluding ortho intramolecular Hbond substituents is 1. The molecule has 4 N–H and O–H groups in total. The number of hydrogen-bond donors (Lipinski definition) is 4. The van der Waals surface area contributed by atoms with E-state index in [1.54, 1.807) is 7.05 Å². The molecule has 2 unspecified atom stereocenters. The lowest BCUT2D eigenvalue weighted by Gasteiger charge is -2.18. The highest BCUT2D eigenvalue weighted by atomic mass is 19.1. The summed E-state index contributed by atoms with van der Waals surface area (Å²) in [5.74, 6) is -2.31. The number of aliphatic hydroxyl groups excluding tert-OH is 2. The fourth-order valence-corrected chi connectivity index (χ4v) is 1.59. The van der Waals surface area contributed by atoms with Crippen molar-refractivity contribution in [1.82, 2.24) is 5.32 Å². The van der Waals surface area contributed by atoms with Crippen LogP contribution in [-0.4, -0.2) is 39.9 Å². The summed E-state index contributed by atoms with van der Waals surface area (Å²) >= 11 is 0. The topological polar surface area (TPSA) is 116 Å². The molecule has 0 fully saturated rings. The molecule has 0 aliphatic heterocycles. The molecule has 0 spiro atoms. The second-order valence-electron chi connectivity index (χ2n) is 4.03. The van der Waals surface area contributed by atoms with E-state index < -0.39 is 34.4 Å². The number of aliphatic hydroxyl groups is 2. The van der Waals surface area contributed by atoms with Gasteiger partial charge in [0, 0.05) is 6.07 Å². The highest BCUT2D eigenvalue weighted by Gasteiger charge is 2.25. The summed E-state index contributed by atoms with van der Waals surface area (Å²) < 4.78 is 13.3. The number of aromatic hydroxyl groups is 1. The quantitative estimate of drug-likeness (QED) is 0.442. The molecule has 0 aliphatic rings. The van der Waals surface area contributed by atoms with E-state index >= 15 is 0 Å². The normalized spacial score (nSPS) is 14.1. The summed E-state index contributed by atoms with van der Waals surface area (Å²) in [6.45, 7) is 0.418. The zero-order valence-electron chi connectivity index (χ0n) is 10.2. The van der Waals surface area contributed by atoms with Gasteiger partial charge in [0.1, 0.15) is 6.10 Å². The van der Waals surface area contributed by atoms with Crippen molar-refractivity contribution in [3.63, 3.8) is 0 Å². The maximum absolute atomic E-state index is 13.3.